The summed E-state index contributed by atoms with van der Waals surface area (Å²) in [5.74, 6) is -1.08. The first-order chi connectivity index (χ1) is 19.9. The smallest absolute Gasteiger partial charge is 0.344 e. The van der Waals surface area contributed by atoms with Gasteiger partial charge in [0.15, 0.2) is 11.5 Å². The molecule has 1 amide bonds. The van der Waals surface area contributed by atoms with Crippen LogP contribution in [0.2, 0.25) is 5.02 Å². The van der Waals surface area contributed by atoms with Crippen LogP contribution < -0.4 is 9.47 Å². The molecule has 41 heavy (non-hydrogen) atoms. The van der Waals surface area contributed by atoms with E-state index in [1.807, 2.05) is 13.0 Å². The van der Waals surface area contributed by atoms with Crippen LogP contribution in [0.3, 0.4) is 0 Å². The minimum absolute atomic E-state index is 0.0216. The summed E-state index contributed by atoms with van der Waals surface area (Å²) in [5.41, 5.74) is 1.86. The number of carbonyl (C=O) groups is 2. The van der Waals surface area contributed by atoms with E-state index in [4.69, 9.17) is 25.8 Å². The third-order valence-electron chi connectivity index (χ3n) is 5.73. The van der Waals surface area contributed by atoms with Gasteiger partial charge >= 0.3 is 5.97 Å². The van der Waals surface area contributed by atoms with Crippen LogP contribution in [0.15, 0.2) is 88.0 Å². The normalized spacial score (nSPS) is 14.7. The molecular weight excluding hydrogens is 564 g/mol. The number of hydrogen-bond acceptors (Lipinski definition) is 8. The molecular formula is C31H25ClN2O6S. The van der Waals surface area contributed by atoms with E-state index < -0.39 is 11.9 Å². The highest BCUT2D eigenvalue weighted by Crippen LogP contribution is 2.42. The van der Waals surface area contributed by atoms with Gasteiger partial charge in [0.05, 0.1) is 34.8 Å². The van der Waals surface area contributed by atoms with Crippen molar-refractivity contribution in [3.05, 3.63) is 110 Å². The van der Waals surface area contributed by atoms with E-state index in [1.165, 1.54) is 0 Å². The Morgan fingerprint density at radius 1 is 1.05 bits per heavy atom. The summed E-state index contributed by atoms with van der Waals surface area (Å²) in [7, 11) is 0. The average Bonchev–Trinajstić information content (AvgIpc) is 3.27. The first-order valence-electron chi connectivity index (χ1n) is 12.6. The standard InChI is InChI=1S/C31H25ClN2O6S/c1-3-38-24-15-19(14-23(32)28(24)40-18-22-13-9-8-12-21(22)17-33)16-25-27(35)26(31(37)39-4-2)30(41-25)34-29(36)20-10-6-5-7-11-20/h5-16,35H,3-4,18H2,1-2H3/b25-16-,34-30?. The van der Waals surface area contributed by atoms with Crippen LogP contribution in [0, 0.1) is 11.3 Å². The first kappa shape index (κ1) is 29.5. The number of nitriles is 1. The van der Waals surface area contributed by atoms with E-state index in [2.05, 4.69) is 11.1 Å². The third kappa shape index (κ3) is 6.98. The van der Waals surface area contributed by atoms with Gasteiger partial charge in [0.2, 0.25) is 0 Å². The largest absolute Gasteiger partial charge is 0.506 e. The highest BCUT2D eigenvalue weighted by molar-refractivity contribution is 8.18. The molecule has 8 nitrogen and oxygen atoms in total. The van der Waals surface area contributed by atoms with Crippen molar-refractivity contribution in [2.24, 2.45) is 4.99 Å². The lowest BCUT2D eigenvalue weighted by Crippen LogP contribution is -2.14. The zero-order chi connectivity index (χ0) is 29.4. The van der Waals surface area contributed by atoms with Crippen LogP contribution in [0.1, 0.15) is 40.9 Å². The number of aliphatic hydroxyl groups is 1. The van der Waals surface area contributed by atoms with E-state index in [0.29, 0.717) is 40.4 Å². The van der Waals surface area contributed by atoms with Gasteiger partial charge in [-0.3, -0.25) is 4.79 Å². The lowest BCUT2D eigenvalue weighted by Gasteiger charge is -2.15. The lowest BCUT2D eigenvalue weighted by molar-refractivity contribution is -0.138. The number of aliphatic imine (C=N–C) groups is 1. The van der Waals surface area contributed by atoms with Crippen LogP contribution >= 0.6 is 23.4 Å². The van der Waals surface area contributed by atoms with Crippen LogP contribution in [0.4, 0.5) is 0 Å². The number of benzene rings is 3. The highest BCUT2D eigenvalue weighted by Gasteiger charge is 2.34. The number of carbonyl (C=O) groups excluding carboxylic acids is 2. The Bertz CT molecular complexity index is 1610. The zero-order valence-corrected chi connectivity index (χ0v) is 23.8. The number of hydrogen-bond donors (Lipinski definition) is 1. The Labute approximate surface area is 246 Å². The molecule has 0 atom stereocenters. The molecule has 0 bridgehead atoms. The molecule has 0 unspecified atom stereocenters. The van der Waals surface area contributed by atoms with Gasteiger partial charge in [0, 0.05) is 11.1 Å². The molecule has 208 valence electrons. The molecule has 0 radical (unpaired) electrons. The number of esters is 1. The van der Waals surface area contributed by atoms with Gasteiger partial charge in [-0.2, -0.15) is 5.26 Å². The van der Waals surface area contributed by atoms with Gasteiger partial charge in [0.25, 0.3) is 5.91 Å². The van der Waals surface area contributed by atoms with Gasteiger partial charge in [-0.05, 0) is 55.8 Å². The second kappa shape index (κ2) is 13.7. The molecule has 1 aliphatic heterocycles. The monoisotopic (exact) mass is 588 g/mol. The number of aliphatic hydroxyl groups excluding tert-OH is 1. The van der Waals surface area contributed by atoms with Crippen LogP contribution in [0.5, 0.6) is 11.5 Å². The van der Waals surface area contributed by atoms with Crippen molar-refractivity contribution in [1.82, 2.24) is 0 Å². The molecule has 0 fully saturated rings. The number of halogens is 1. The highest BCUT2D eigenvalue weighted by atomic mass is 35.5. The molecule has 0 aromatic heterocycles. The first-order valence-corrected chi connectivity index (χ1v) is 13.8. The molecule has 0 saturated heterocycles. The quantitative estimate of drug-likeness (QED) is 0.268. The Kier molecular flexibility index (Phi) is 9.85. The van der Waals surface area contributed by atoms with E-state index in [1.54, 1.807) is 73.7 Å². The zero-order valence-electron chi connectivity index (χ0n) is 22.2. The Morgan fingerprint density at radius 2 is 1.78 bits per heavy atom. The van der Waals surface area contributed by atoms with Crippen LogP contribution in [-0.4, -0.2) is 35.2 Å². The molecule has 0 saturated carbocycles. The summed E-state index contributed by atoms with van der Waals surface area (Å²) in [6, 6.07) is 20.9. The van der Waals surface area contributed by atoms with E-state index in [9.17, 15) is 20.0 Å². The van der Waals surface area contributed by atoms with Crippen molar-refractivity contribution in [2.45, 2.75) is 20.5 Å². The molecule has 3 aromatic carbocycles. The SMILES string of the molecule is CCOC(=O)C1=C(O)/C(=C/c2cc(Cl)c(OCc3ccccc3C#N)c(OCC)c2)SC1=NC(=O)c1ccccc1. The second-order valence-electron chi connectivity index (χ2n) is 8.46. The van der Waals surface area contributed by atoms with Gasteiger partial charge in [-0.15, -0.1) is 0 Å². The summed E-state index contributed by atoms with van der Waals surface area (Å²) in [6.45, 7) is 3.95. The maximum atomic E-state index is 12.8. The summed E-state index contributed by atoms with van der Waals surface area (Å²) < 4.78 is 16.9. The van der Waals surface area contributed by atoms with Crippen molar-refractivity contribution in [3.63, 3.8) is 0 Å². The maximum absolute atomic E-state index is 12.8. The van der Waals surface area contributed by atoms with Crippen LogP contribution in [0.25, 0.3) is 6.08 Å². The molecule has 3 aromatic rings. The number of nitrogens with zero attached hydrogens (tertiary/aromatic N) is 2. The molecule has 4 rings (SSSR count). The molecule has 1 aliphatic rings. The van der Waals surface area contributed by atoms with E-state index >= 15 is 0 Å². The predicted molar refractivity (Wildman–Crippen MR) is 158 cm³/mol. The third-order valence-corrected chi connectivity index (χ3v) is 7.03. The minimum atomic E-state index is -0.796. The van der Waals surface area contributed by atoms with Gasteiger partial charge in [-0.1, -0.05) is 59.8 Å². The molecule has 1 N–H and O–H groups in total. The Morgan fingerprint density at radius 3 is 2.49 bits per heavy atom. The van der Waals surface area contributed by atoms with Crippen molar-refractivity contribution < 1.29 is 28.9 Å². The topological polar surface area (TPSA) is 118 Å². The fourth-order valence-corrected chi connectivity index (χ4v) is 5.15. The summed E-state index contributed by atoms with van der Waals surface area (Å²) in [6.07, 6.45) is 1.60. The molecule has 1 heterocycles. The van der Waals surface area contributed by atoms with Crippen molar-refractivity contribution in [3.8, 4) is 17.6 Å². The summed E-state index contributed by atoms with van der Waals surface area (Å²) in [4.78, 5) is 29.8. The number of ether oxygens (including phenoxy) is 3. The molecule has 10 heteroatoms. The minimum Gasteiger partial charge on any atom is -0.506 e. The van der Waals surface area contributed by atoms with Crippen molar-refractivity contribution in [2.75, 3.05) is 13.2 Å². The Balaban J connectivity index is 1.68. The molecule has 0 aliphatic carbocycles. The van der Waals surface area contributed by atoms with E-state index in [-0.39, 0.29) is 39.5 Å². The fraction of sp³-hybridized carbons (Fsp3) is 0.161. The predicted octanol–water partition coefficient (Wildman–Crippen LogP) is 6.89. The van der Waals surface area contributed by atoms with Crippen molar-refractivity contribution in [1.29, 1.82) is 5.26 Å². The lowest BCUT2D eigenvalue weighted by atomic mass is 10.1. The number of rotatable bonds is 9. The van der Waals surface area contributed by atoms with Crippen LogP contribution in [-0.2, 0) is 16.1 Å². The maximum Gasteiger partial charge on any atom is 0.344 e. The molecule has 0 spiro atoms. The van der Waals surface area contributed by atoms with Gasteiger partial charge in [0.1, 0.15) is 23.0 Å². The van der Waals surface area contributed by atoms with Gasteiger partial charge in [-0.25, -0.2) is 9.79 Å². The van der Waals surface area contributed by atoms with E-state index in [0.717, 1.165) is 11.8 Å². The number of thioether (sulfide) groups is 1. The number of amides is 1. The summed E-state index contributed by atoms with van der Waals surface area (Å²) in [5, 5.41) is 20.6. The second-order valence-corrected chi connectivity index (χ2v) is 9.90. The average molecular weight is 589 g/mol. The fourth-order valence-electron chi connectivity index (χ4n) is 3.86. The van der Waals surface area contributed by atoms with Crippen molar-refractivity contribution >= 4 is 46.4 Å². The van der Waals surface area contributed by atoms with Gasteiger partial charge < -0.3 is 19.3 Å². The Hall–Kier alpha value is -4.52. The summed E-state index contributed by atoms with van der Waals surface area (Å²) >= 11 is 7.55.